The van der Waals surface area contributed by atoms with E-state index in [-0.39, 0.29) is 12.2 Å². The molecule has 24 heavy (non-hydrogen) atoms. The Morgan fingerprint density at radius 3 is 2.54 bits per heavy atom. The van der Waals surface area contributed by atoms with Gasteiger partial charge in [0.2, 0.25) is 5.88 Å². The van der Waals surface area contributed by atoms with E-state index >= 15 is 4.39 Å². The molecule has 126 valence electrons. The van der Waals surface area contributed by atoms with Gasteiger partial charge in [-0.15, -0.1) is 0 Å². The van der Waals surface area contributed by atoms with E-state index in [9.17, 15) is 0 Å². The molecular weight excluding hydrogens is 305 g/mol. The average Bonchev–Trinajstić information content (AvgIpc) is 2.55. The van der Waals surface area contributed by atoms with Crippen molar-refractivity contribution in [1.29, 1.82) is 0 Å². The summed E-state index contributed by atoms with van der Waals surface area (Å²) in [6.45, 7) is 0.528. The summed E-state index contributed by atoms with van der Waals surface area (Å²) in [5.74, 6) is 0.464. The van der Waals surface area contributed by atoms with Gasteiger partial charge in [0.25, 0.3) is 0 Å². The van der Waals surface area contributed by atoms with E-state index in [1.54, 1.807) is 18.3 Å². The van der Waals surface area contributed by atoms with Crippen molar-refractivity contribution in [3.05, 3.63) is 59.8 Å². The van der Waals surface area contributed by atoms with Gasteiger partial charge in [0, 0.05) is 19.0 Å². The van der Waals surface area contributed by atoms with E-state index in [1.807, 2.05) is 30.3 Å². The normalized spacial score (nSPS) is 26.5. The highest BCUT2D eigenvalue weighted by molar-refractivity contribution is 5.34. The lowest BCUT2D eigenvalue weighted by Gasteiger charge is -2.42. The van der Waals surface area contributed by atoms with Gasteiger partial charge in [0.1, 0.15) is 11.8 Å². The Kier molecular flexibility index (Phi) is 4.23. The molecule has 2 fully saturated rings. The summed E-state index contributed by atoms with van der Waals surface area (Å²) in [5.41, 5.74) is 0.315. The first kappa shape index (κ1) is 15.6. The van der Waals surface area contributed by atoms with Crippen molar-refractivity contribution in [2.75, 3.05) is 0 Å². The highest BCUT2D eigenvalue weighted by Gasteiger charge is 2.49. The van der Waals surface area contributed by atoms with Crippen LogP contribution in [0.25, 0.3) is 0 Å². The maximum Gasteiger partial charge on any atom is 0.220 e. The minimum Gasteiger partial charge on any atom is -0.474 e. The maximum absolute atomic E-state index is 15.2. The third-order valence-electron chi connectivity index (χ3n) is 5.02. The second-order valence-electron chi connectivity index (χ2n) is 6.82. The van der Waals surface area contributed by atoms with E-state index in [1.165, 1.54) is 6.42 Å². The number of rotatable bonds is 6. The molecule has 2 aromatic rings. The first-order valence-corrected chi connectivity index (χ1v) is 8.69. The second kappa shape index (κ2) is 6.52. The Balaban J connectivity index is 1.37. The molecule has 0 spiro atoms. The largest absolute Gasteiger partial charge is 0.474 e. The van der Waals surface area contributed by atoms with Gasteiger partial charge in [-0.25, -0.2) is 9.37 Å². The fourth-order valence-electron chi connectivity index (χ4n) is 3.26. The van der Waals surface area contributed by atoms with E-state index in [0.717, 1.165) is 18.4 Å². The summed E-state index contributed by atoms with van der Waals surface area (Å²) >= 11 is 0. The van der Waals surface area contributed by atoms with Crippen LogP contribution in [0.4, 0.5) is 4.39 Å². The molecule has 0 radical (unpaired) electrons. The van der Waals surface area contributed by atoms with E-state index in [0.29, 0.717) is 30.9 Å². The maximum atomic E-state index is 15.2. The molecule has 2 saturated carbocycles. The highest BCUT2D eigenvalue weighted by atomic mass is 19.1. The van der Waals surface area contributed by atoms with Gasteiger partial charge < -0.3 is 9.47 Å². The van der Waals surface area contributed by atoms with Crippen molar-refractivity contribution in [1.82, 2.24) is 4.98 Å². The van der Waals surface area contributed by atoms with Crippen LogP contribution in [-0.2, 0) is 17.0 Å². The quantitative estimate of drug-likeness (QED) is 0.779. The standard InChI is InChI=1S/C20H22FNO2/c21-20(12-17(13-20)23-14-15-6-2-1-3-7-15)18-10-5-11-22-19(18)24-16-8-4-9-16/h1-3,5-7,10-11,16-17H,4,8-9,12-14H2. The van der Waals surface area contributed by atoms with Crippen LogP contribution in [0.1, 0.15) is 43.2 Å². The third kappa shape index (κ3) is 3.16. The van der Waals surface area contributed by atoms with Crippen LogP contribution in [0.3, 0.4) is 0 Å². The lowest BCUT2D eigenvalue weighted by Crippen LogP contribution is -2.43. The fourth-order valence-corrected chi connectivity index (χ4v) is 3.26. The Morgan fingerprint density at radius 1 is 1.04 bits per heavy atom. The molecule has 0 unspecified atom stereocenters. The molecule has 1 heterocycles. The van der Waals surface area contributed by atoms with Gasteiger partial charge in [-0.3, -0.25) is 0 Å². The minimum atomic E-state index is -1.38. The smallest absolute Gasteiger partial charge is 0.220 e. The van der Waals surface area contributed by atoms with Gasteiger partial charge in [0.15, 0.2) is 0 Å². The Bertz CT molecular complexity index is 681. The SMILES string of the molecule is FC1(c2cccnc2OC2CCC2)CC(OCc2ccccc2)C1. The number of ether oxygens (including phenoxy) is 2. The Morgan fingerprint density at radius 2 is 1.83 bits per heavy atom. The number of aromatic nitrogens is 1. The Labute approximate surface area is 141 Å². The predicted molar refractivity (Wildman–Crippen MR) is 89.5 cm³/mol. The lowest BCUT2D eigenvalue weighted by molar-refractivity contribution is -0.108. The summed E-state index contributed by atoms with van der Waals surface area (Å²) in [4.78, 5) is 4.26. The monoisotopic (exact) mass is 327 g/mol. The zero-order chi connectivity index (χ0) is 16.4. The lowest BCUT2D eigenvalue weighted by atomic mass is 9.74. The van der Waals surface area contributed by atoms with Gasteiger partial charge in [-0.2, -0.15) is 0 Å². The van der Waals surface area contributed by atoms with Crippen molar-refractivity contribution in [2.45, 2.75) is 56.6 Å². The molecule has 0 bridgehead atoms. The molecule has 0 saturated heterocycles. The van der Waals surface area contributed by atoms with Crippen LogP contribution in [0.15, 0.2) is 48.7 Å². The molecule has 2 aliphatic rings. The number of halogens is 1. The minimum absolute atomic E-state index is 0.0491. The van der Waals surface area contributed by atoms with Crippen molar-refractivity contribution in [3.8, 4) is 5.88 Å². The summed E-state index contributed by atoms with van der Waals surface area (Å²) in [6, 6.07) is 13.6. The molecule has 0 atom stereocenters. The predicted octanol–water partition coefficient (Wildman–Crippen LogP) is 4.56. The van der Waals surface area contributed by atoms with Crippen LogP contribution < -0.4 is 4.74 Å². The van der Waals surface area contributed by atoms with Crippen molar-refractivity contribution in [2.24, 2.45) is 0 Å². The van der Waals surface area contributed by atoms with Crippen molar-refractivity contribution >= 4 is 0 Å². The van der Waals surface area contributed by atoms with E-state index in [2.05, 4.69) is 4.98 Å². The molecular formula is C20H22FNO2. The van der Waals surface area contributed by atoms with E-state index in [4.69, 9.17) is 9.47 Å². The van der Waals surface area contributed by atoms with Crippen LogP contribution >= 0.6 is 0 Å². The first-order valence-electron chi connectivity index (χ1n) is 8.69. The van der Waals surface area contributed by atoms with Crippen LogP contribution in [-0.4, -0.2) is 17.2 Å². The molecule has 1 aromatic carbocycles. The third-order valence-corrected chi connectivity index (χ3v) is 5.02. The van der Waals surface area contributed by atoms with E-state index < -0.39 is 5.67 Å². The molecule has 4 rings (SSSR count). The Hall–Kier alpha value is -1.94. The zero-order valence-electron chi connectivity index (χ0n) is 13.7. The molecule has 2 aliphatic carbocycles. The molecule has 3 nitrogen and oxygen atoms in total. The van der Waals surface area contributed by atoms with Crippen LogP contribution in [0.5, 0.6) is 5.88 Å². The molecule has 0 N–H and O–H groups in total. The number of nitrogens with zero attached hydrogens (tertiary/aromatic N) is 1. The van der Waals surface area contributed by atoms with Gasteiger partial charge in [0.05, 0.1) is 18.3 Å². The van der Waals surface area contributed by atoms with Crippen LogP contribution in [0, 0.1) is 0 Å². The molecule has 4 heteroatoms. The highest BCUT2D eigenvalue weighted by Crippen LogP contribution is 2.49. The number of hydrogen-bond acceptors (Lipinski definition) is 3. The van der Waals surface area contributed by atoms with Crippen molar-refractivity contribution < 1.29 is 13.9 Å². The number of pyridine rings is 1. The molecule has 0 aliphatic heterocycles. The summed E-state index contributed by atoms with van der Waals surface area (Å²) in [6.07, 6.45) is 5.82. The first-order chi connectivity index (χ1) is 11.7. The topological polar surface area (TPSA) is 31.4 Å². The number of benzene rings is 1. The van der Waals surface area contributed by atoms with Gasteiger partial charge in [-0.05, 0) is 37.0 Å². The van der Waals surface area contributed by atoms with Gasteiger partial charge in [-0.1, -0.05) is 30.3 Å². The van der Waals surface area contributed by atoms with Crippen molar-refractivity contribution in [3.63, 3.8) is 0 Å². The second-order valence-corrected chi connectivity index (χ2v) is 6.82. The average molecular weight is 327 g/mol. The summed E-state index contributed by atoms with van der Waals surface area (Å²) in [7, 11) is 0. The zero-order valence-corrected chi connectivity index (χ0v) is 13.7. The van der Waals surface area contributed by atoms with Crippen LogP contribution in [0.2, 0.25) is 0 Å². The van der Waals surface area contributed by atoms with Gasteiger partial charge >= 0.3 is 0 Å². The number of alkyl halides is 1. The fraction of sp³-hybridized carbons (Fsp3) is 0.450. The molecule has 0 amide bonds. The summed E-state index contributed by atoms with van der Waals surface area (Å²) < 4.78 is 27.0. The molecule has 1 aromatic heterocycles. The summed E-state index contributed by atoms with van der Waals surface area (Å²) in [5, 5.41) is 0. The number of hydrogen-bond donors (Lipinski definition) is 0.